The third-order valence-electron chi connectivity index (χ3n) is 6.92. The van der Waals surface area contributed by atoms with Gasteiger partial charge >= 0.3 is 5.69 Å². The Labute approximate surface area is 215 Å². The molecule has 5 rings (SSSR count). The lowest BCUT2D eigenvalue weighted by molar-refractivity contribution is 0.248. The lowest BCUT2D eigenvalue weighted by Gasteiger charge is -2.36. The van der Waals surface area contributed by atoms with Crippen LogP contribution in [0.15, 0.2) is 58.3 Å². The Hall–Kier alpha value is -3.23. The summed E-state index contributed by atoms with van der Waals surface area (Å²) in [5.41, 5.74) is 4.85. The maximum atomic E-state index is 12.3. The molecule has 0 amide bonds. The molecular formula is C28H33N5O2S. The zero-order valence-corrected chi connectivity index (χ0v) is 22.2. The molecule has 0 aliphatic carbocycles. The molecule has 1 saturated heterocycles. The zero-order chi connectivity index (χ0) is 25.4. The molecule has 3 heterocycles. The molecule has 4 aromatic rings. The molecule has 1 N–H and O–H groups in total. The number of fused-ring (bicyclic) bond motifs is 1. The van der Waals surface area contributed by atoms with Gasteiger partial charge in [0.15, 0.2) is 0 Å². The quantitative estimate of drug-likeness (QED) is 0.436. The lowest BCUT2D eigenvalue weighted by Crippen LogP contribution is -2.47. The third-order valence-corrected chi connectivity index (χ3v) is 8.07. The number of aryl methyl sites for hydroxylation is 1. The number of anilines is 1. The van der Waals surface area contributed by atoms with E-state index in [1.807, 2.05) is 6.92 Å². The van der Waals surface area contributed by atoms with Crippen molar-refractivity contribution in [2.24, 2.45) is 0 Å². The van der Waals surface area contributed by atoms with Crippen LogP contribution >= 0.6 is 11.3 Å². The van der Waals surface area contributed by atoms with Gasteiger partial charge in [-0.3, -0.25) is 14.7 Å². The second-order valence-corrected chi connectivity index (χ2v) is 11.4. The van der Waals surface area contributed by atoms with Crippen molar-refractivity contribution in [3.63, 3.8) is 0 Å². The first-order valence-electron chi connectivity index (χ1n) is 12.5. The number of aromatic nitrogens is 3. The van der Waals surface area contributed by atoms with E-state index in [0.717, 1.165) is 42.3 Å². The molecule has 0 radical (unpaired) electrons. The number of hydrogen-bond acceptors (Lipinski definition) is 6. The minimum absolute atomic E-state index is 0.131. The lowest BCUT2D eigenvalue weighted by atomic mass is 9.87. The Morgan fingerprint density at radius 1 is 1.00 bits per heavy atom. The molecule has 7 nitrogen and oxygen atoms in total. The summed E-state index contributed by atoms with van der Waals surface area (Å²) >= 11 is 1.75. The van der Waals surface area contributed by atoms with Crippen LogP contribution in [0.25, 0.3) is 20.8 Å². The highest BCUT2D eigenvalue weighted by Crippen LogP contribution is 2.37. The first-order valence-corrected chi connectivity index (χ1v) is 13.3. The fraction of sp³-hybridized carbons (Fsp3) is 0.393. The van der Waals surface area contributed by atoms with Crippen molar-refractivity contribution >= 4 is 27.2 Å². The second-order valence-electron chi connectivity index (χ2n) is 10.4. The van der Waals surface area contributed by atoms with Crippen molar-refractivity contribution in [1.29, 1.82) is 0 Å². The average Bonchev–Trinajstić information content (AvgIpc) is 3.30. The first-order chi connectivity index (χ1) is 17.2. The highest BCUT2D eigenvalue weighted by atomic mass is 32.1. The van der Waals surface area contributed by atoms with Gasteiger partial charge in [-0.05, 0) is 30.0 Å². The van der Waals surface area contributed by atoms with Crippen LogP contribution in [0.5, 0.6) is 0 Å². The van der Waals surface area contributed by atoms with Gasteiger partial charge in [-0.2, -0.15) is 0 Å². The maximum Gasteiger partial charge on any atom is 0.328 e. The summed E-state index contributed by atoms with van der Waals surface area (Å²) in [6.07, 6.45) is 1.70. The highest BCUT2D eigenvalue weighted by molar-refractivity contribution is 7.22. The normalized spacial score (nSPS) is 15.1. The van der Waals surface area contributed by atoms with Crippen LogP contribution in [0, 0.1) is 0 Å². The fourth-order valence-electron chi connectivity index (χ4n) is 4.71. The summed E-state index contributed by atoms with van der Waals surface area (Å²) in [5.74, 6) is 0. The minimum atomic E-state index is -0.349. The van der Waals surface area contributed by atoms with E-state index in [0.29, 0.717) is 18.7 Å². The van der Waals surface area contributed by atoms with Crippen LogP contribution in [0.3, 0.4) is 0 Å². The second kappa shape index (κ2) is 9.67. The summed E-state index contributed by atoms with van der Waals surface area (Å²) in [6.45, 7) is 13.1. The summed E-state index contributed by atoms with van der Waals surface area (Å²) in [5, 5.41) is 1.04. The Morgan fingerprint density at radius 2 is 1.72 bits per heavy atom. The summed E-state index contributed by atoms with van der Waals surface area (Å²) < 4.78 is 2.76. The van der Waals surface area contributed by atoms with Gasteiger partial charge in [0.1, 0.15) is 5.01 Å². The maximum absolute atomic E-state index is 12.3. The molecule has 2 aromatic heterocycles. The van der Waals surface area contributed by atoms with Gasteiger partial charge in [0.2, 0.25) is 0 Å². The van der Waals surface area contributed by atoms with Crippen molar-refractivity contribution in [3.05, 3.63) is 80.6 Å². The molecule has 188 valence electrons. The van der Waals surface area contributed by atoms with Gasteiger partial charge in [0.05, 0.1) is 15.9 Å². The summed E-state index contributed by atoms with van der Waals surface area (Å²) in [7, 11) is 0. The molecule has 1 fully saturated rings. The van der Waals surface area contributed by atoms with E-state index in [1.54, 1.807) is 22.1 Å². The number of thiazole rings is 1. The molecule has 8 heteroatoms. The van der Waals surface area contributed by atoms with Crippen molar-refractivity contribution in [3.8, 4) is 10.6 Å². The molecule has 0 atom stereocenters. The van der Waals surface area contributed by atoms with E-state index in [9.17, 15) is 9.59 Å². The Bertz CT molecular complexity index is 1490. The third kappa shape index (κ3) is 4.88. The van der Waals surface area contributed by atoms with Crippen molar-refractivity contribution in [1.82, 2.24) is 19.4 Å². The van der Waals surface area contributed by atoms with Crippen molar-refractivity contribution in [2.75, 3.05) is 31.1 Å². The van der Waals surface area contributed by atoms with Gasteiger partial charge in [-0.15, -0.1) is 11.3 Å². The largest absolute Gasteiger partial charge is 0.368 e. The monoisotopic (exact) mass is 503 g/mol. The number of aromatic amines is 1. The Balaban J connectivity index is 1.32. The number of piperazine rings is 1. The molecule has 0 saturated carbocycles. The van der Waals surface area contributed by atoms with Gasteiger partial charge in [-0.1, -0.05) is 51.1 Å². The van der Waals surface area contributed by atoms with E-state index >= 15 is 0 Å². The SMILES string of the molecule is CCn1cc(CN2CCN(c3cccc4nc(-c5ccc(C(C)(C)C)cc5)sc34)CC2)c(=O)[nH]c1=O. The number of hydrogen-bond donors (Lipinski definition) is 1. The molecular weight excluding hydrogens is 470 g/mol. The van der Waals surface area contributed by atoms with Gasteiger partial charge < -0.3 is 9.47 Å². The van der Waals surface area contributed by atoms with E-state index in [1.165, 1.54) is 16.0 Å². The van der Waals surface area contributed by atoms with E-state index in [2.05, 4.69) is 78.0 Å². The fourth-order valence-corrected chi connectivity index (χ4v) is 5.82. The smallest absolute Gasteiger partial charge is 0.328 e. The first kappa shape index (κ1) is 24.5. The topological polar surface area (TPSA) is 74.2 Å². The van der Waals surface area contributed by atoms with Gasteiger partial charge in [-0.25, -0.2) is 9.78 Å². The van der Waals surface area contributed by atoms with Crippen LogP contribution < -0.4 is 16.1 Å². The average molecular weight is 504 g/mol. The molecule has 0 spiro atoms. The molecule has 2 aromatic carbocycles. The predicted octanol–water partition coefficient (Wildman–Crippen LogP) is 4.45. The van der Waals surface area contributed by atoms with Crippen molar-refractivity contribution < 1.29 is 0 Å². The van der Waals surface area contributed by atoms with Crippen molar-refractivity contribution in [2.45, 2.75) is 46.2 Å². The Kier molecular flexibility index (Phi) is 6.57. The number of rotatable bonds is 5. The van der Waals surface area contributed by atoms with Crippen LogP contribution in [0.2, 0.25) is 0 Å². The Morgan fingerprint density at radius 3 is 2.39 bits per heavy atom. The number of nitrogens with zero attached hydrogens (tertiary/aromatic N) is 4. The number of H-pyrrole nitrogens is 1. The number of nitrogens with one attached hydrogen (secondary N) is 1. The summed E-state index contributed by atoms with van der Waals surface area (Å²) in [4.78, 5) is 36.2. The number of benzene rings is 2. The van der Waals surface area contributed by atoms with Crippen LogP contribution in [0.4, 0.5) is 5.69 Å². The highest BCUT2D eigenvalue weighted by Gasteiger charge is 2.22. The minimum Gasteiger partial charge on any atom is -0.368 e. The van der Waals surface area contributed by atoms with E-state index in [4.69, 9.17) is 4.98 Å². The van der Waals surface area contributed by atoms with Gasteiger partial charge in [0.25, 0.3) is 5.56 Å². The standard InChI is InChI=1S/C28H33N5O2S/c1-5-32-18-20(25(34)30-27(32)35)17-31-13-15-33(16-14-31)23-8-6-7-22-24(23)36-26(29-22)19-9-11-21(12-10-19)28(2,3)4/h6-12,18H,5,13-17H2,1-4H3,(H,30,34,35). The van der Waals surface area contributed by atoms with Crippen LogP contribution in [-0.2, 0) is 18.5 Å². The molecule has 1 aliphatic rings. The van der Waals surface area contributed by atoms with Crippen LogP contribution in [-0.4, -0.2) is 45.6 Å². The van der Waals surface area contributed by atoms with Crippen LogP contribution in [0.1, 0.15) is 38.8 Å². The van der Waals surface area contributed by atoms with E-state index < -0.39 is 0 Å². The summed E-state index contributed by atoms with van der Waals surface area (Å²) in [6, 6.07) is 15.1. The molecule has 1 aliphatic heterocycles. The molecule has 36 heavy (non-hydrogen) atoms. The zero-order valence-electron chi connectivity index (χ0n) is 21.4. The van der Waals surface area contributed by atoms with E-state index in [-0.39, 0.29) is 16.7 Å². The predicted molar refractivity (Wildman–Crippen MR) is 148 cm³/mol. The molecule has 0 unspecified atom stereocenters. The van der Waals surface area contributed by atoms with Gasteiger partial charge in [0, 0.05) is 56.6 Å². The molecule has 0 bridgehead atoms.